The van der Waals surface area contributed by atoms with Crippen LogP contribution in [0.1, 0.15) is 62.4 Å². The van der Waals surface area contributed by atoms with E-state index in [1.807, 2.05) is 13.8 Å². The molecule has 0 N–H and O–H groups in total. The Bertz CT molecular complexity index is 1080. The largest absolute Gasteiger partial charge is 0.465 e. The van der Waals surface area contributed by atoms with Gasteiger partial charge in [0, 0.05) is 15.5 Å². The Balaban J connectivity index is 2.00. The summed E-state index contributed by atoms with van der Waals surface area (Å²) in [5.41, 5.74) is -0.518. The summed E-state index contributed by atoms with van der Waals surface area (Å²) in [7, 11) is 1.21. The zero-order valence-electron chi connectivity index (χ0n) is 20.1. The number of hydrogen-bond donors (Lipinski definition) is 0. The van der Waals surface area contributed by atoms with Crippen LogP contribution in [0.2, 0.25) is 0 Å². The fraction of sp³-hybridized carbons (Fsp3) is 0.462. The molecule has 1 amide bonds. The lowest BCUT2D eigenvalue weighted by Crippen LogP contribution is -2.43. The van der Waals surface area contributed by atoms with Gasteiger partial charge in [-0.2, -0.15) is 13.2 Å². The van der Waals surface area contributed by atoms with E-state index in [9.17, 15) is 22.8 Å². The Kier molecular flexibility index (Phi) is 8.72. The van der Waals surface area contributed by atoms with Gasteiger partial charge in [0.05, 0.1) is 23.9 Å². The van der Waals surface area contributed by atoms with Crippen LogP contribution in [0.5, 0.6) is 11.5 Å². The molecule has 0 unspecified atom stereocenters. The molecule has 1 fully saturated rings. The maximum Gasteiger partial charge on any atom is 0.420 e. The van der Waals surface area contributed by atoms with Gasteiger partial charge in [0.25, 0.3) is 0 Å². The number of carbonyl (C=O) groups is 2. The summed E-state index contributed by atoms with van der Waals surface area (Å²) in [5, 5.41) is 0. The van der Waals surface area contributed by atoms with Crippen molar-refractivity contribution in [2.24, 2.45) is 11.8 Å². The lowest BCUT2D eigenvalue weighted by Gasteiger charge is -2.34. The van der Waals surface area contributed by atoms with E-state index < -0.39 is 17.7 Å². The van der Waals surface area contributed by atoms with Gasteiger partial charge in [-0.25, -0.2) is 4.79 Å². The van der Waals surface area contributed by atoms with E-state index in [0.29, 0.717) is 15.2 Å². The van der Waals surface area contributed by atoms with Crippen LogP contribution in [-0.4, -0.2) is 25.0 Å². The van der Waals surface area contributed by atoms with Crippen LogP contribution in [-0.2, 0) is 15.7 Å². The van der Waals surface area contributed by atoms with Gasteiger partial charge in [-0.15, -0.1) is 0 Å². The first-order valence-electron chi connectivity index (χ1n) is 11.5. The lowest BCUT2D eigenvalue weighted by atomic mass is 9.82. The highest BCUT2D eigenvalue weighted by Gasteiger charge is 2.35. The minimum atomic E-state index is -4.61. The third-order valence-electron chi connectivity index (χ3n) is 6.23. The summed E-state index contributed by atoms with van der Waals surface area (Å²) in [4.78, 5) is 27.8. The first-order chi connectivity index (χ1) is 16.4. The van der Waals surface area contributed by atoms with Gasteiger partial charge in [0.15, 0.2) is 0 Å². The molecular weight excluding hydrogens is 574 g/mol. The summed E-state index contributed by atoms with van der Waals surface area (Å²) in [6.07, 6.45) is -1.11. The Hall–Kier alpha value is -2.30. The average Bonchev–Trinajstić information content (AvgIpc) is 2.80. The van der Waals surface area contributed by atoms with Crippen molar-refractivity contribution < 1.29 is 32.2 Å². The monoisotopic (exact) mass is 603 g/mol. The van der Waals surface area contributed by atoms with Crippen molar-refractivity contribution in [3.8, 4) is 11.5 Å². The number of rotatable bonds is 6. The van der Waals surface area contributed by atoms with Crippen LogP contribution >= 0.6 is 22.6 Å². The fourth-order valence-electron chi connectivity index (χ4n) is 4.36. The van der Waals surface area contributed by atoms with Crippen LogP contribution in [0.15, 0.2) is 36.4 Å². The SMILES string of the molecule is COC(=O)c1cc(Oc2ccc(I)cc2C(F)(F)F)ccc1N(C(=O)[C@H]1CC[C@H](C)CC1)C(C)C. The van der Waals surface area contributed by atoms with Gasteiger partial charge in [-0.1, -0.05) is 6.92 Å². The van der Waals surface area contributed by atoms with Crippen molar-refractivity contribution >= 4 is 40.2 Å². The van der Waals surface area contributed by atoms with E-state index in [0.717, 1.165) is 31.7 Å². The van der Waals surface area contributed by atoms with Gasteiger partial charge < -0.3 is 14.4 Å². The molecule has 35 heavy (non-hydrogen) atoms. The smallest absolute Gasteiger partial charge is 0.420 e. The van der Waals surface area contributed by atoms with Crippen LogP contribution in [0, 0.1) is 15.4 Å². The predicted molar refractivity (Wildman–Crippen MR) is 136 cm³/mol. The molecule has 0 bridgehead atoms. The van der Waals surface area contributed by atoms with Crippen LogP contribution in [0.4, 0.5) is 18.9 Å². The van der Waals surface area contributed by atoms with Gasteiger partial charge in [0.1, 0.15) is 11.5 Å². The van der Waals surface area contributed by atoms with Gasteiger partial charge in [0.2, 0.25) is 5.91 Å². The summed E-state index contributed by atoms with van der Waals surface area (Å²) < 4.78 is 51.5. The molecule has 1 saturated carbocycles. The normalized spacial score (nSPS) is 18.3. The number of benzene rings is 2. The number of esters is 1. The lowest BCUT2D eigenvalue weighted by molar-refractivity contribution is -0.138. The molecule has 3 rings (SSSR count). The number of methoxy groups -OCH3 is 1. The van der Waals surface area contributed by atoms with Crippen LogP contribution < -0.4 is 9.64 Å². The highest BCUT2D eigenvalue weighted by Crippen LogP contribution is 2.40. The van der Waals surface area contributed by atoms with Crippen molar-refractivity contribution in [1.29, 1.82) is 0 Å². The fourth-order valence-corrected chi connectivity index (χ4v) is 4.85. The zero-order valence-corrected chi connectivity index (χ0v) is 22.3. The maximum atomic E-state index is 13.5. The van der Waals surface area contributed by atoms with Gasteiger partial charge in [-0.05, 0) is 104 Å². The van der Waals surface area contributed by atoms with Crippen LogP contribution in [0.25, 0.3) is 0 Å². The number of halogens is 4. The molecule has 0 atom stereocenters. The standard InChI is InChI=1S/C26H29F3INO4/c1-15(2)31(24(32)17-7-5-16(3)6-8-17)22-11-10-19(14-20(22)25(33)34-4)35-23-12-9-18(30)13-21(23)26(27,28)29/h9-17H,5-8H2,1-4H3/t16-,17-. The van der Waals surface area contributed by atoms with Crippen molar-refractivity contribution in [2.75, 3.05) is 12.0 Å². The molecule has 1 aliphatic rings. The van der Waals surface area contributed by atoms with Crippen molar-refractivity contribution in [1.82, 2.24) is 0 Å². The first kappa shape index (κ1) is 27.3. The topological polar surface area (TPSA) is 55.8 Å². The number of ether oxygens (including phenoxy) is 2. The molecular formula is C26H29F3INO4. The minimum absolute atomic E-state index is 0.0310. The molecule has 0 radical (unpaired) electrons. The molecule has 2 aromatic carbocycles. The number of carbonyl (C=O) groups excluding carboxylic acids is 2. The van der Waals surface area contributed by atoms with E-state index in [2.05, 4.69) is 6.92 Å². The van der Waals surface area contributed by atoms with Crippen molar-refractivity contribution in [3.05, 3.63) is 51.1 Å². The number of nitrogens with zero attached hydrogens (tertiary/aromatic N) is 1. The third-order valence-corrected chi connectivity index (χ3v) is 6.90. The highest BCUT2D eigenvalue weighted by atomic mass is 127. The Morgan fingerprint density at radius 2 is 1.71 bits per heavy atom. The summed E-state index contributed by atoms with van der Waals surface area (Å²) in [6, 6.07) is 7.82. The number of alkyl halides is 3. The van der Waals surface area contributed by atoms with Crippen molar-refractivity contribution in [2.45, 2.75) is 58.7 Å². The van der Waals surface area contributed by atoms with Gasteiger partial charge >= 0.3 is 12.1 Å². The molecule has 0 aromatic heterocycles. The Morgan fingerprint density at radius 3 is 2.29 bits per heavy atom. The molecule has 9 heteroatoms. The molecule has 0 saturated heterocycles. The zero-order chi connectivity index (χ0) is 25.9. The second-order valence-corrected chi connectivity index (χ2v) is 10.4. The highest BCUT2D eigenvalue weighted by molar-refractivity contribution is 14.1. The molecule has 0 aliphatic heterocycles. The molecule has 1 aliphatic carbocycles. The van der Waals surface area contributed by atoms with E-state index in [-0.39, 0.29) is 34.9 Å². The first-order valence-corrected chi connectivity index (χ1v) is 12.6. The van der Waals surface area contributed by atoms with E-state index >= 15 is 0 Å². The molecule has 5 nitrogen and oxygen atoms in total. The second kappa shape index (κ2) is 11.2. The Labute approximate surface area is 217 Å². The minimum Gasteiger partial charge on any atom is -0.465 e. The van der Waals surface area contributed by atoms with Crippen LogP contribution in [0.3, 0.4) is 0 Å². The molecule has 0 spiro atoms. The molecule has 0 heterocycles. The van der Waals surface area contributed by atoms with E-state index in [4.69, 9.17) is 9.47 Å². The number of amides is 1. The van der Waals surface area contributed by atoms with Gasteiger partial charge in [-0.3, -0.25) is 4.79 Å². The Morgan fingerprint density at radius 1 is 1.06 bits per heavy atom. The number of hydrogen-bond acceptors (Lipinski definition) is 4. The summed E-state index contributed by atoms with van der Waals surface area (Å²) in [5.74, 6) is -0.687. The predicted octanol–water partition coefficient (Wildman–Crippen LogP) is 7.46. The maximum absolute atomic E-state index is 13.5. The van der Waals surface area contributed by atoms with E-state index in [1.165, 1.54) is 37.4 Å². The number of anilines is 1. The summed E-state index contributed by atoms with van der Waals surface area (Å²) >= 11 is 1.80. The molecule has 190 valence electrons. The van der Waals surface area contributed by atoms with E-state index in [1.54, 1.807) is 27.5 Å². The summed E-state index contributed by atoms with van der Waals surface area (Å²) in [6.45, 7) is 5.89. The second-order valence-electron chi connectivity index (χ2n) is 9.17. The van der Waals surface area contributed by atoms with Crippen molar-refractivity contribution in [3.63, 3.8) is 0 Å². The third kappa shape index (κ3) is 6.48. The average molecular weight is 603 g/mol. The molecule has 2 aromatic rings. The quantitative estimate of drug-likeness (QED) is 0.254.